The predicted molar refractivity (Wildman–Crippen MR) is 92.7 cm³/mol. The Morgan fingerprint density at radius 2 is 2.00 bits per heavy atom. The normalized spacial score (nSPS) is 15.7. The van der Waals surface area contributed by atoms with Gasteiger partial charge in [0, 0.05) is 24.3 Å². The molecule has 8 heteroatoms. The van der Waals surface area contributed by atoms with Crippen LogP contribution in [-0.4, -0.2) is 48.9 Å². The average molecular weight is 365 g/mol. The number of hydrogen-bond acceptors (Lipinski definition) is 5. The van der Waals surface area contributed by atoms with Crippen molar-refractivity contribution in [3.05, 3.63) is 52.8 Å². The lowest BCUT2D eigenvalue weighted by atomic mass is 10.1. The van der Waals surface area contributed by atoms with Gasteiger partial charge in [0.1, 0.15) is 12.4 Å². The number of anilines is 1. The van der Waals surface area contributed by atoms with E-state index in [1.165, 1.54) is 12.3 Å². The molecule has 1 atom stereocenters. The maximum atomic E-state index is 13.4. The molecule has 2 heterocycles. The van der Waals surface area contributed by atoms with Crippen molar-refractivity contribution < 1.29 is 13.9 Å². The second-order valence-electron chi connectivity index (χ2n) is 5.57. The third-order valence-electron chi connectivity index (χ3n) is 3.90. The molecule has 1 amide bonds. The van der Waals surface area contributed by atoms with Crippen molar-refractivity contribution in [1.29, 1.82) is 0 Å². The summed E-state index contributed by atoms with van der Waals surface area (Å²) in [4.78, 5) is 22.9. The molecule has 0 saturated carbocycles. The van der Waals surface area contributed by atoms with Crippen LogP contribution in [0.25, 0.3) is 0 Å². The molecule has 3 rings (SSSR count). The molecule has 0 bridgehead atoms. The number of ether oxygens (including phenoxy) is 1. The number of rotatable bonds is 5. The summed E-state index contributed by atoms with van der Waals surface area (Å²) in [5, 5.41) is 3.21. The van der Waals surface area contributed by atoms with Crippen LogP contribution in [0.2, 0.25) is 5.02 Å². The fourth-order valence-electron chi connectivity index (χ4n) is 2.53. The number of morpholine rings is 1. The van der Waals surface area contributed by atoms with E-state index >= 15 is 0 Å². The third-order valence-corrected chi connectivity index (χ3v) is 4.15. The number of nitrogens with one attached hydrogen (secondary N) is 1. The van der Waals surface area contributed by atoms with Gasteiger partial charge in [0.15, 0.2) is 0 Å². The van der Waals surface area contributed by atoms with E-state index in [2.05, 4.69) is 15.3 Å². The lowest BCUT2D eigenvalue weighted by Gasteiger charge is -2.26. The van der Waals surface area contributed by atoms with Gasteiger partial charge in [-0.3, -0.25) is 4.79 Å². The number of amides is 1. The van der Waals surface area contributed by atoms with Crippen LogP contribution >= 0.6 is 11.6 Å². The first-order chi connectivity index (χ1) is 12.2. The first kappa shape index (κ1) is 17.6. The number of carbonyl (C=O) groups excluding carboxylic acids is 1. The minimum absolute atomic E-state index is 0.198. The molecule has 1 saturated heterocycles. The summed E-state index contributed by atoms with van der Waals surface area (Å²) < 4.78 is 18.7. The molecule has 0 radical (unpaired) electrons. The number of carbonyl (C=O) groups is 1. The Morgan fingerprint density at radius 3 is 2.68 bits per heavy atom. The maximum Gasteiger partial charge on any atom is 0.270 e. The molecular weight excluding hydrogens is 347 g/mol. The summed E-state index contributed by atoms with van der Waals surface area (Å²) in [6.45, 7) is 1.81. The predicted octanol–water partition coefficient (Wildman–Crippen LogP) is 2.41. The molecule has 0 spiro atoms. The number of nitrogens with zero attached hydrogens (tertiary/aromatic N) is 3. The zero-order chi connectivity index (χ0) is 17.6. The monoisotopic (exact) mass is 364 g/mol. The minimum atomic E-state index is -0.758. The Bertz CT molecular complexity index is 723. The van der Waals surface area contributed by atoms with E-state index in [0.29, 0.717) is 42.8 Å². The highest BCUT2D eigenvalue weighted by molar-refractivity contribution is 6.30. The second-order valence-corrected chi connectivity index (χ2v) is 6.01. The highest BCUT2D eigenvalue weighted by atomic mass is 35.5. The number of alkyl halides is 1. The van der Waals surface area contributed by atoms with E-state index < -0.39 is 18.6 Å². The third kappa shape index (κ3) is 4.43. The molecule has 1 aliphatic heterocycles. The number of halogens is 2. The molecule has 0 aliphatic carbocycles. The molecule has 1 unspecified atom stereocenters. The Balaban J connectivity index is 1.72. The lowest BCUT2D eigenvalue weighted by Crippen LogP contribution is -2.38. The van der Waals surface area contributed by atoms with Crippen molar-refractivity contribution >= 4 is 23.5 Å². The second kappa shape index (κ2) is 8.22. The largest absolute Gasteiger partial charge is 0.378 e. The zero-order valence-corrected chi connectivity index (χ0v) is 14.2. The van der Waals surface area contributed by atoms with E-state index in [0.717, 1.165) is 0 Å². The van der Waals surface area contributed by atoms with Crippen molar-refractivity contribution in [2.24, 2.45) is 0 Å². The van der Waals surface area contributed by atoms with Gasteiger partial charge in [-0.25, -0.2) is 14.4 Å². The lowest BCUT2D eigenvalue weighted by molar-refractivity contribution is 0.0924. The van der Waals surface area contributed by atoms with Crippen molar-refractivity contribution in [2.75, 3.05) is 37.9 Å². The van der Waals surface area contributed by atoms with Gasteiger partial charge in [-0.1, -0.05) is 23.7 Å². The summed E-state index contributed by atoms with van der Waals surface area (Å²) in [7, 11) is 0. The average Bonchev–Trinajstić information content (AvgIpc) is 2.67. The van der Waals surface area contributed by atoms with Gasteiger partial charge in [-0.05, 0) is 23.8 Å². The van der Waals surface area contributed by atoms with Crippen LogP contribution in [0.5, 0.6) is 0 Å². The van der Waals surface area contributed by atoms with Crippen molar-refractivity contribution in [2.45, 2.75) is 6.04 Å². The van der Waals surface area contributed by atoms with Gasteiger partial charge < -0.3 is 15.0 Å². The van der Waals surface area contributed by atoms with E-state index in [4.69, 9.17) is 16.3 Å². The van der Waals surface area contributed by atoms with Gasteiger partial charge in [0.05, 0.1) is 19.3 Å². The molecule has 25 heavy (non-hydrogen) atoms. The summed E-state index contributed by atoms with van der Waals surface area (Å²) in [5.74, 6) is 0.0220. The van der Waals surface area contributed by atoms with Crippen LogP contribution in [0.15, 0.2) is 36.5 Å². The summed E-state index contributed by atoms with van der Waals surface area (Å²) in [5.41, 5.74) is 0.839. The molecule has 132 valence electrons. The van der Waals surface area contributed by atoms with E-state index in [1.807, 2.05) is 4.90 Å². The fraction of sp³-hybridized carbons (Fsp3) is 0.353. The Morgan fingerprint density at radius 1 is 1.28 bits per heavy atom. The number of aromatic nitrogens is 2. The van der Waals surface area contributed by atoms with Crippen LogP contribution in [0.3, 0.4) is 0 Å². The van der Waals surface area contributed by atoms with Crippen molar-refractivity contribution in [3.63, 3.8) is 0 Å². The number of benzene rings is 1. The summed E-state index contributed by atoms with van der Waals surface area (Å²) >= 11 is 5.84. The summed E-state index contributed by atoms with van der Waals surface area (Å²) in [6.07, 6.45) is 1.53. The van der Waals surface area contributed by atoms with Gasteiger partial charge in [0.2, 0.25) is 5.95 Å². The molecule has 1 aliphatic rings. The Labute approximate surface area is 150 Å². The molecule has 2 aromatic rings. The van der Waals surface area contributed by atoms with Crippen molar-refractivity contribution in [1.82, 2.24) is 15.3 Å². The maximum absolute atomic E-state index is 13.4. The van der Waals surface area contributed by atoms with Crippen molar-refractivity contribution in [3.8, 4) is 0 Å². The highest BCUT2D eigenvalue weighted by Crippen LogP contribution is 2.18. The number of hydrogen-bond donors (Lipinski definition) is 1. The Hall–Kier alpha value is -2.25. The Kier molecular flexibility index (Phi) is 5.78. The van der Waals surface area contributed by atoms with Gasteiger partial charge in [0.25, 0.3) is 5.91 Å². The quantitative estimate of drug-likeness (QED) is 0.882. The zero-order valence-electron chi connectivity index (χ0n) is 13.5. The first-order valence-corrected chi connectivity index (χ1v) is 8.33. The van der Waals surface area contributed by atoms with Crippen LogP contribution in [0.4, 0.5) is 10.3 Å². The first-order valence-electron chi connectivity index (χ1n) is 7.95. The standard InChI is InChI=1S/C17H18ClFN4O2/c18-13-3-1-12(2-4-13)15(11-19)21-16(24)14-5-6-20-17(22-14)23-7-9-25-10-8-23/h1-6,15H,7-11H2,(H,21,24). The van der Waals surface area contributed by atoms with Crippen LogP contribution in [0.1, 0.15) is 22.1 Å². The smallest absolute Gasteiger partial charge is 0.270 e. The van der Waals surface area contributed by atoms with E-state index in [-0.39, 0.29) is 5.69 Å². The molecular formula is C17H18ClFN4O2. The molecule has 1 N–H and O–H groups in total. The van der Waals surface area contributed by atoms with Crippen LogP contribution < -0.4 is 10.2 Å². The fourth-order valence-corrected chi connectivity index (χ4v) is 2.65. The van der Waals surface area contributed by atoms with E-state index in [1.54, 1.807) is 24.3 Å². The topological polar surface area (TPSA) is 67.4 Å². The van der Waals surface area contributed by atoms with Gasteiger partial charge >= 0.3 is 0 Å². The highest BCUT2D eigenvalue weighted by Gasteiger charge is 2.19. The molecule has 1 fully saturated rings. The SMILES string of the molecule is O=C(NC(CF)c1ccc(Cl)cc1)c1ccnc(N2CCOCC2)n1. The van der Waals surface area contributed by atoms with Crippen LogP contribution in [0, 0.1) is 0 Å². The minimum Gasteiger partial charge on any atom is -0.378 e. The van der Waals surface area contributed by atoms with Crippen LogP contribution in [-0.2, 0) is 4.74 Å². The molecule has 1 aromatic heterocycles. The molecule has 6 nitrogen and oxygen atoms in total. The van der Waals surface area contributed by atoms with Gasteiger partial charge in [-0.2, -0.15) is 0 Å². The molecule has 1 aromatic carbocycles. The van der Waals surface area contributed by atoms with Gasteiger partial charge in [-0.15, -0.1) is 0 Å². The summed E-state index contributed by atoms with van der Waals surface area (Å²) in [6, 6.07) is 7.44. The van der Waals surface area contributed by atoms with E-state index in [9.17, 15) is 9.18 Å².